The highest BCUT2D eigenvalue weighted by molar-refractivity contribution is 14.0. The molecular weight excluding hydrogens is 411 g/mol. The summed E-state index contributed by atoms with van der Waals surface area (Å²) in [6.07, 6.45) is 7.97. The molecule has 1 rings (SSSR count). The number of amides is 1. The van der Waals surface area contributed by atoms with Crippen molar-refractivity contribution in [3.05, 3.63) is 0 Å². The third-order valence-corrected chi connectivity index (χ3v) is 4.19. The molecule has 1 fully saturated rings. The van der Waals surface area contributed by atoms with Crippen LogP contribution in [-0.2, 0) is 4.79 Å². The van der Waals surface area contributed by atoms with E-state index in [9.17, 15) is 4.79 Å². The molecule has 0 aromatic heterocycles. The molecule has 5 nitrogen and oxygen atoms in total. The number of halogens is 1. The molecule has 0 aromatic carbocycles. The Morgan fingerprint density at radius 1 is 1.18 bits per heavy atom. The summed E-state index contributed by atoms with van der Waals surface area (Å²) in [5.74, 6) is 2.10. The molecule has 1 aliphatic rings. The van der Waals surface area contributed by atoms with Gasteiger partial charge in [0.15, 0.2) is 5.96 Å². The molecular formula is C15H31IN4OS. The van der Waals surface area contributed by atoms with Gasteiger partial charge in [-0.05, 0) is 51.0 Å². The van der Waals surface area contributed by atoms with Crippen LogP contribution >= 0.6 is 35.7 Å². The minimum Gasteiger partial charge on any atom is -0.357 e. The van der Waals surface area contributed by atoms with Crippen molar-refractivity contribution < 1.29 is 4.79 Å². The molecule has 22 heavy (non-hydrogen) atoms. The summed E-state index contributed by atoms with van der Waals surface area (Å²) in [4.78, 5) is 18.4. The van der Waals surface area contributed by atoms with Crippen LogP contribution in [0.25, 0.3) is 0 Å². The van der Waals surface area contributed by atoms with Gasteiger partial charge in [-0.25, -0.2) is 4.99 Å². The normalized spacial score (nSPS) is 15.2. The minimum absolute atomic E-state index is 0. The van der Waals surface area contributed by atoms with Crippen molar-refractivity contribution in [3.8, 4) is 0 Å². The van der Waals surface area contributed by atoms with Crippen LogP contribution in [0.5, 0.6) is 0 Å². The van der Waals surface area contributed by atoms with Gasteiger partial charge in [-0.1, -0.05) is 0 Å². The van der Waals surface area contributed by atoms with Crippen LogP contribution < -0.4 is 10.6 Å². The lowest BCUT2D eigenvalue weighted by Gasteiger charge is -2.26. The van der Waals surface area contributed by atoms with Crippen molar-refractivity contribution in [2.45, 2.75) is 39.0 Å². The number of carbonyl (C=O) groups excluding carboxylic acids is 1. The maximum absolute atomic E-state index is 12.1. The molecule has 130 valence electrons. The van der Waals surface area contributed by atoms with Crippen LogP contribution in [0, 0.1) is 0 Å². The summed E-state index contributed by atoms with van der Waals surface area (Å²) >= 11 is 1.88. The van der Waals surface area contributed by atoms with E-state index in [1.165, 1.54) is 18.6 Å². The second-order valence-electron chi connectivity index (χ2n) is 5.26. The molecule has 0 atom stereocenters. The van der Waals surface area contributed by atoms with Crippen molar-refractivity contribution in [1.29, 1.82) is 0 Å². The Balaban J connectivity index is 0.00000441. The number of hydrogen-bond donors (Lipinski definition) is 2. The predicted octanol–water partition coefficient (Wildman–Crippen LogP) is 2.32. The number of likely N-dealkylation sites (tertiary alicyclic amines) is 1. The Labute approximate surface area is 156 Å². The van der Waals surface area contributed by atoms with Crippen LogP contribution in [0.1, 0.15) is 39.0 Å². The van der Waals surface area contributed by atoms with Gasteiger partial charge in [-0.3, -0.25) is 4.79 Å². The first-order chi connectivity index (χ1) is 10.3. The molecule has 2 N–H and O–H groups in total. The largest absolute Gasteiger partial charge is 0.357 e. The fraction of sp³-hybridized carbons (Fsp3) is 0.867. The van der Waals surface area contributed by atoms with Gasteiger partial charge in [0.1, 0.15) is 6.54 Å². The third kappa shape index (κ3) is 9.76. The number of rotatable bonds is 8. The second kappa shape index (κ2) is 14.4. The molecule has 0 aliphatic carbocycles. The quantitative estimate of drug-likeness (QED) is 0.262. The highest BCUT2D eigenvalue weighted by Gasteiger charge is 2.15. The Hall–Kier alpha value is -0.180. The van der Waals surface area contributed by atoms with Crippen LogP contribution in [-0.4, -0.2) is 61.5 Å². The van der Waals surface area contributed by atoms with Crippen molar-refractivity contribution in [3.63, 3.8) is 0 Å². The zero-order chi connectivity index (χ0) is 15.3. The zero-order valence-electron chi connectivity index (χ0n) is 13.9. The number of guanidine groups is 1. The molecule has 0 saturated carbocycles. The number of unbranched alkanes of at least 4 members (excludes halogenated alkanes) is 1. The van der Waals surface area contributed by atoms with Gasteiger partial charge < -0.3 is 15.5 Å². The van der Waals surface area contributed by atoms with Crippen LogP contribution in [0.15, 0.2) is 4.99 Å². The Kier molecular flexibility index (Phi) is 14.3. The maximum Gasteiger partial charge on any atom is 0.244 e. The van der Waals surface area contributed by atoms with E-state index in [2.05, 4.69) is 21.9 Å². The lowest BCUT2D eigenvalue weighted by molar-refractivity contribution is -0.130. The van der Waals surface area contributed by atoms with E-state index in [1.54, 1.807) is 0 Å². The van der Waals surface area contributed by atoms with Crippen molar-refractivity contribution in [2.75, 3.05) is 44.7 Å². The summed E-state index contributed by atoms with van der Waals surface area (Å²) in [6.45, 7) is 5.80. The summed E-state index contributed by atoms with van der Waals surface area (Å²) in [5, 5.41) is 6.49. The van der Waals surface area contributed by atoms with Gasteiger partial charge in [0.05, 0.1) is 0 Å². The Morgan fingerprint density at radius 3 is 2.55 bits per heavy atom. The molecule has 0 bridgehead atoms. The number of piperidine rings is 1. The van der Waals surface area contributed by atoms with Gasteiger partial charge in [0.25, 0.3) is 0 Å². The van der Waals surface area contributed by atoms with E-state index in [0.29, 0.717) is 0 Å². The maximum atomic E-state index is 12.1. The summed E-state index contributed by atoms with van der Waals surface area (Å²) in [5.41, 5.74) is 0. The molecule has 0 aromatic rings. The van der Waals surface area contributed by atoms with E-state index in [0.717, 1.165) is 51.4 Å². The predicted molar refractivity (Wildman–Crippen MR) is 107 cm³/mol. The average molecular weight is 442 g/mol. The first-order valence-corrected chi connectivity index (χ1v) is 9.46. The number of nitrogens with zero attached hydrogens (tertiary/aromatic N) is 2. The number of hydrogen-bond acceptors (Lipinski definition) is 3. The minimum atomic E-state index is 0. The van der Waals surface area contributed by atoms with Gasteiger partial charge in [-0.15, -0.1) is 24.0 Å². The van der Waals surface area contributed by atoms with Gasteiger partial charge in [0, 0.05) is 26.2 Å². The standard InChI is InChI=1S/C15H30N4OS.HI/c1-3-16-15(17-9-5-8-12-21-2)18-13-14(20)19-10-6-4-7-11-19;/h3-13H2,1-2H3,(H2,16,17,18);1H. The molecule has 0 radical (unpaired) electrons. The molecule has 7 heteroatoms. The highest BCUT2D eigenvalue weighted by atomic mass is 127. The first kappa shape index (κ1) is 21.8. The SMILES string of the molecule is CCNC(=NCC(=O)N1CCCCC1)NCCCCSC.I. The van der Waals surface area contributed by atoms with Crippen molar-refractivity contribution in [2.24, 2.45) is 4.99 Å². The fourth-order valence-electron chi connectivity index (χ4n) is 2.31. The molecule has 1 saturated heterocycles. The topological polar surface area (TPSA) is 56.7 Å². The monoisotopic (exact) mass is 442 g/mol. The number of carbonyl (C=O) groups is 1. The van der Waals surface area contributed by atoms with E-state index in [-0.39, 0.29) is 36.4 Å². The Morgan fingerprint density at radius 2 is 1.91 bits per heavy atom. The molecule has 0 unspecified atom stereocenters. The zero-order valence-corrected chi connectivity index (χ0v) is 17.0. The van der Waals surface area contributed by atoms with E-state index >= 15 is 0 Å². The van der Waals surface area contributed by atoms with Crippen LogP contribution in [0.2, 0.25) is 0 Å². The average Bonchev–Trinajstić information content (AvgIpc) is 2.52. The van der Waals surface area contributed by atoms with E-state index in [1.807, 2.05) is 23.6 Å². The first-order valence-electron chi connectivity index (χ1n) is 8.06. The van der Waals surface area contributed by atoms with Crippen LogP contribution in [0.3, 0.4) is 0 Å². The Bertz CT molecular complexity index is 323. The smallest absolute Gasteiger partial charge is 0.244 e. The lowest BCUT2D eigenvalue weighted by Crippen LogP contribution is -2.40. The van der Waals surface area contributed by atoms with Gasteiger partial charge in [0.2, 0.25) is 5.91 Å². The van der Waals surface area contributed by atoms with Crippen LogP contribution in [0.4, 0.5) is 0 Å². The summed E-state index contributed by atoms with van der Waals surface area (Å²) in [7, 11) is 0. The lowest BCUT2D eigenvalue weighted by atomic mass is 10.1. The number of aliphatic imine (C=N–C) groups is 1. The van der Waals surface area contributed by atoms with Crippen molar-refractivity contribution in [1.82, 2.24) is 15.5 Å². The second-order valence-corrected chi connectivity index (χ2v) is 6.25. The third-order valence-electron chi connectivity index (χ3n) is 3.49. The summed E-state index contributed by atoms with van der Waals surface area (Å²) in [6, 6.07) is 0. The highest BCUT2D eigenvalue weighted by Crippen LogP contribution is 2.08. The van der Waals surface area contributed by atoms with E-state index < -0.39 is 0 Å². The fourth-order valence-corrected chi connectivity index (χ4v) is 2.80. The van der Waals surface area contributed by atoms with Gasteiger partial charge >= 0.3 is 0 Å². The van der Waals surface area contributed by atoms with E-state index in [4.69, 9.17) is 0 Å². The molecule has 1 heterocycles. The number of thioether (sulfide) groups is 1. The summed E-state index contributed by atoms with van der Waals surface area (Å²) < 4.78 is 0. The van der Waals surface area contributed by atoms with Gasteiger partial charge in [-0.2, -0.15) is 11.8 Å². The van der Waals surface area contributed by atoms with Crippen molar-refractivity contribution >= 4 is 47.6 Å². The molecule has 1 amide bonds. The number of nitrogens with one attached hydrogen (secondary N) is 2. The molecule has 1 aliphatic heterocycles. The molecule has 0 spiro atoms.